The van der Waals surface area contributed by atoms with Crippen molar-refractivity contribution in [1.82, 2.24) is 10.2 Å². The van der Waals surface area contributed by atoms with E-state index in [-0.39, 0.29) is 24.0 Å². The summed E-state index contributed by atoms with van der Waals surface area (Å²) in [6.45, 7) is 7.25. The van der Waals surface area contributed by atoms with E-state index in [0.29, 0.717) is 6.04 Å². The zero-order chi connectivity index (χ0) is 14.7. The number of hydrogen-bond acceptors (Lipinski definition) is 1. The van der Waals surface area contributed by atoms with Crippen molar-refractivity contribution in [2.75, 3.05) is 19.6 Å². The third kappa shape index (κ3) is 4.24. The van der Waals surface area contributed by atoms with Gasteiger partial charge in [0.05, 0.1) is 0 Å². The zero-order valence-corrected chi connectivity index (χ0v) is 15.8. The van der Waals surface area contributed by atoms with Crippen LogP contribution in [0.15, 0.2) is 41.4 Å². The highest BCUT2D eigenvalue weighted by molar-refractivity contribution is 14.0. The van der Waals surface area contributed by atoms with Crippen LogP contribution < -0.4 is 5.32 Å². The molecule has 1 saturated carbocycles. The molecule has 1 aromatic rings. The molecule has 120 valence electrons. The van der Waals surface area contributed by atoms with Gasteiger partial charge in [-0.3, -0.25) is 4.99 Å². The van der Waals surface area contributed by atoms with Crippen molar-refractivity contribution in [3.05, 3.63) is 42.0 Å². The number of nitrogens with one attached hydrogen (secondary N) is 1. The van der Waals surface area contributed by atoms with E-state index >= 15 is 0 Å². The smallest absolute Gasteiger partial charge is 0.194 e. The molecule has 2 aliphatic rings. The van der Waals surface area contributed by atoms with Crippen molar-refractivity contribution in [2.45, 2.75) is 32.7 Å². The normalized spacial score (nSPS) is 24.4. The predicted octanol–water partition coefficient (Wildman–Crippen LogP) is 3.77. The minimum absolute atomic E-state index is 0. The van der Waals surface area contributed by atoms with Gasteiger partial charge in [0.15, 0.2) is 5.96 Å². The minimum Gasteiger partial charge on any atom is -0.353 e. The van der Waals surface area contributed by atoms with Crippen LogP contribution >= 0.6 is 24.0 Å². The summed E-state index contributed by atoms with van der Waals surface area (Å²) in [6, 6.07) is 11.3. The summed E-state index contributed by atoms with van der Waals surface area (Å²) in [5.74, 6) is 1.89. The first-order valence-corrected chi connectivity index (χ1v) is 8.08. The number of halogens is 1. The third-order valence-corrected chi connectivity index (χ3v) is 4.39. The molecule has 1 aromatic carbocycles. The second kappa shape index (κ2) is 7.99. The topological polar surface area (TPSA) is 27.6 Å². The van der Waals surface area contributed by atoms with Crippen LogP contribution in [0.5, 0.6) is 0 Å². The van der Waals surface area contributed by atoms with Gasteiger partial charge in [0.1, 0.15) is 0 Å². The lowest BCUT2D eigenvalue weighted by Crippen LogP contribution is -2.44. The molecule has 0 radical (unpaired) electrons. The van der Waals surface area contributed by atoms with Gasteiger partial charge in [0, 0.05) is 25.7 Å². The molecule has 1 N–H and O–H groups in total. The molecule has 3 rings (SSSR count). The first-order valence-electron chi connectivity index (χ1n) is 8.08. The molecule has 0 aromatic heterocycles. The Morgan fingerprint density at radius 1 is 1.32 bits per heavy atom. The minimum atomic E-state index is 0. The summed E-state index contributed by atoms with van der Waals surface area (Å²) >= 11 is 0. The van der Waals surface area contributed by atoms with Gasteiger partial charge in [-0.15, -0.1) is 24.0 Å². The van der Waals surface area contributed by atoms with Crippen LogP contribution in [0.1, 0.15) is 32.3 Å². The largest absolute Gasteiger partial charge is 0.353 e. The Bertz CT molecular complexity index is 539. The maximum Gasteiger partial charge on any atom is 0.194 e. The Morgan fingerprint density at radius 3 is 2.59 bits per heavy atom. The van der Waals surface area contributed by atoms with E-state index in [9.17, 15) is 0 Å². The Morgan fingerprint density at radius 2 is 2.05 bits per heavy atom. The van der Waals surface area contributed by atoms with Crippen LogP contribution in [0.4, 0.5) is 0 Å². The van der Waals surface area contributed by atoms with Gasteiger partial charge >= 0.3 is 0 Å². The Hall–Kier alpha value is -1.04. The molecule has 4 heteroatoms. The van der Waals surface area contributed by atoms with Crippen LogP contribution in [-0.2, 0) is 0 Å². The second-order valence-electron chi connectivity index (χ2n) is 6.05. The van der Waals surface area contributed by atoms with Gasteiger partial charge in [-0.05, 0) is 36.8 Å². The van der Waals surface area contributed by atoms with Crippen molar-refractivity contribution in [3.63, 3.8) is 0 Å². The summed E-state index contributed by atoms with van der Waals surface area (Å²) in [5.41, 5.74) is 2.82. The van der Waals surface area contributed by atoms with E-state index in [1.165, 1.54) is 17.6 Å². The molecular formula is C18H26IN3. The Kier molecular flexibility index (Phi) is 6.29. The molecule has 1 aliphatic carbocycles. The first-order chi connectivity index (χ1) is 10.3. The lowest BCUT2D eigenvalue weighted by molar-refractivity contribution is 0.437. The van der Waals surface area contributed by atoms with Gasteiger partial charge < -0.3 is 10.2 Å². The monoisotopic (exact) mass is 411 g/mol. The molecule has 2 atom stereocenters. The van der Waals surface area contributed by atoms with Gasteiger partial charge in [-0.2, -0.15) is 0 Å². The summed E-state index contributed by atoms with van der Waals surface area (Å²) in [7, 11) is 0. The van der Waals surface area contributed by atoms with Crippen molar-refractivity contribution in [3.8, 4) is 0 Å². The molecule has 1 fully saturated rings. The molecule has 2 unspecified atom stereocenters. The molecule has 1 aliphatic heterocycles. The Labute approximate surface area is 150 Å². The average molecular weight is 411 g/mol. The van der Waals surface area contributed by atoms with E-state index in [0.717, 1.165) is 37.9 Å². The summed E-state index contributed by atoms with van der Waals surface area (Å²) in [6.07, 6.45) is 4.72. The highest BCUT2D eigenvalue weighted by Crippen LogP contribution is 2.29. The number of rotatable bonds is 3. The summed E-state index contributed by atoms with van der Waals surface area (Å²) in [4.78, 5) is 7.04. The van der Waals surface area contributed by atoms with Crippen LogP contribution in [0.2, 0.25) is 0 Å². The first kappa shape index (κ1) is 17.3. The predicted molar refractivity (Wildman–Crippen MR) is 105 cm³/mol. The van der Waals surface area contributed by atoms with E-state index < -0.39 is 0 Å². The fourth-order valence-electron chi connectivity index (χ4n) is 2.85. The number of benzene rings is 1. The van der Waals surface area contributed by atoms with Crippen LogP contribution in [-0.4, -0.2) is 36.5 Å². The van der Waals surface area contributed by atoms with Gasteiger partial charge in [0.2, 0.25) is 0 Å². The second-order valence-corrected chi connectivity index (χ2v) is 6.05. The third-order valence-electron chi connectivity index (χ3n) is 4.39. The van der Waals surface area contributed by atoms with E-state index in [1.807, 2.05) is 0 Å². The molecule has 22 heavy (non-hydrogen) atoms. The molecule has 0 bridgehead atoms. The average Bonchev–Trinajstić information content (AvgIpc) is 3.23. The highest BCUT2D eigenvalue weighted by atomic mass is 127. The van der Waals surface area contributed by atoms with Crippen LogP contribution in [0.3, 0.4) is 0 Å². The lowest BCUT2D eigenvalue weighted by Gasteiger charge is -2.30. The number of guanidine groups is 1. The van der Waals surface area contributed by atoms with Gasteiger partial charge in [0.25, 0.3) is 0 Å². The molecule has 0 amide bonds. The van der Waals surface area contributed by atoms with E-state index in [4.69, 9.17) is 0 Å². The molecular weight excluding hydrogens is 385 g/mol. The molecule has 0 spiro atoms. The molecule has 0 saturated heterocycles. The van der Waals surface area contributed by atoms with Gasteiger partial charge in [-0.1, -0.05) is 43.3 Å². The van der Waals surface area contributed by atoms with Gasteiger partial charge in [-0.25, -0.2) is 0 Å². The quantitative estimate of drug-likeness (QED) is 0.466. The van der Waals surface area contributed by atoms with Crippen LogP contribution in [0.25, 0.3) is 5.57 Å². The van der Waals surface area contributed by atoms with Crippen molar-refractivity contribution in [2.24, 2.45) is 10.9 Å². The highest BCUT2D eigenvalue weighted by Gasteiger charge is 2.34. The fraction of sp³-hybridized carbons (Fsp3) is 0.500. The molecule has 1 heterocycles. The number of nitrogens with zero attached hydrogens (tertiary/aromatic N) is 2. The number of hydrogen-bond donors (Lipinski definition) is 1. The maximum atomic E-state index is 4.66. The zero-order valence-electron chi connectivity index (χ0n) is 13.5. The van der Waals surface area contributed by atoms with E-state index in [1.54, 1.807) is 0 Å². The standard InChI is InChI=1S/C18H25N3.HI/c1-3-19-18(20-17-13-14(17)2)21-11-9-16(10-12-21)15-7-5-4-6-8-15;/h4-9,14,17H,3,10-13H2,1-2H3,(H,19,20);1H. The summed E-state index contributed by atoms with van der Waals surface area (Å²) in [5, 5.41) is 3.61. The lowest BCUT2D eigenvalue weighted by atomic mass is 10.00. The SMILES string of the molecule is CCN=C(NC1CC1C)N1CC=C(c2ccccc2)CC1.I. The van der Waals surface area contributed by atoms with Crippen molar-refractivity contribution < 1.29 is 0 Å². The maximum absolute atomic E-state index is 4.66. The fourth-order valence-corrected chi connectivity index (χ4v) is 2.85. The Balaban J connectivity index is 0.00000176. The summed E-state index contributed by atoms with van der Waals surface area (Å²) < 4.78 is 0. The van der Waals surface area contributed by atoms with Crippen molar-refractivity contribution >= 4 is 35.5 Å². The van der Waals surface area contributed by atoms with E-state index in [2.05, 4.69) is 65.5 Å². The van der Waals surface area contributed by atoms with Crippen LogP contribution in [0, 0.1) is 5.92 Å². The molecule has 3 nitrogen and oxygen atoms in total. The number of aliphatic imine (C=N–C) groups is 1. The van der Waals surface area contributed by atoms with Crippen molar-refractivity contribution in [1.29, 1.82) is 0 Å².